The molecule has 0 spiro atoms. The van der Waals surface area contributed by atoms with Gasteiger partial charge in [0, 0.05) is 32.9 Å². The standard InChI is InChI=1S/C27H33N3O2S/c1-6-33-27(28-23-11-13-24(14-12-23)29(2)3)30(19-21-7-15-25(31-4)16-8-21)20-22-9-17-26(32-5)18-10-22/h7-18H,6,19-20H2,1-5H3. The van der Waals surface area contributed by atoms with Gasteiger partial charge in [-0.2, -0.15) is 0 Å². The number of amidine groups is 1. The van der Waals surface area contributed by atoms with E-state index in [2.05, 4.69) is 65.3 Å². The van der Waals surface area contributed by atoms with Crippen molar-refractivity contribution in [2.45, 2.75) is 20.0 Å². The van der Waals surface area contributed by atoms with Gasteiger partial charge in [0.2, 0.25) is 0 Å². The van der Waals surface area contributed by atoms with Crippen molar-refractivity contribution in [3.05, 3.63) is 83.9 Å². The maximum Gasteiger partial charge on any atom is 0.164 e. The molecule has 33 heavy (non-hydrogen) atoms. The molecule has 3 aromatic carbocycles. The third-order valence-corrected chi connectivity index (χ3v) is 6.10. The molecule has 0 heterocycles. The highest BCUT2D eigenvalue weighted by Crippen LogP contribution is 2.24. The molecule has 174 valence electrons. The Bertz CT molecular complexity index is 967. The van der Waals surface area contributed by atoms with Gasteiger partial charge in [-0.1, -0.05) is 43.0 Å². The Morgan fingerprint density at radius 2 is 1.24 bits per heavy atom. The highest BCUT2D eigenvalue weighted by Gasteiger charge is 2.14. The van der Waals surface area contributed by atoms with Crippen LogP contribution in [-0.4, -0.2) is 44.1 Å². The molecule has 3 aromatic rings. The van der Waals surface area contributed by atoms with Crippen LogP contribution in [0.5, 0.6) is 11.5 Å². The number of anilines is 1. The molecule has 0 saturated heterocycles. The Hall–Kier alpha value is -3.12. The summed E-state index contributed by atoms with van der Waals surface area (Å²) in [6.07, 6.45) is 0. The Labute approximate surface area is 202 Å². The predicted molar refractivity (Wildman–Crippen MR) is 141 cm³/mol. The first kappa shape index (κ1) is 24.5. The highest BCUT2D eigenvalue weighted by atomic mass is 32.2. The van der Waals surface area contributed by atoms with Crippen molar-refractivity contribution in [1.82, 2.24) is 4.90 Å². The molecule has 0 aliphatic rings. The van der Waals surface area contributed by atoms with Crippen LogP contribution in [0.4, 0.5) is 11.4 Å². The van der Waals surface area contributed by atoms with Gasteiger partial charge in [0.25, 0.3) is 0 Å². The van der Waals surface area contributed by atoms with E-state index in [0.29, 0.717) is 0 Å². The van der Waals surface area contributed by atoms with E-state index in [1.807, 2.05) is 38.4 Å². The van der Waals surface area contributed by atoms with Crippen LogP contribution in [0.3, 0.4) is 0 Å². The zero-order chi connectivity index (χ0) is 23.6. The maximum absolute atomic E-state index is 5.33. The number of hydrogen-bond donors (Lipinski definition) is 0. The van der Waals surface area contributed by atoms with Crippen molar-refractivity contribution in [2.24, 2.45) is 4.99 Å². The van der Waals surface area contributed by atoms with Crippen LogP contribution in [0.25, 0.3) is 0 Å². The number of rotatable bonds is 9. The van der Waals surface area contributed by atoms with Crippen molar-refractivity contribution >= 4 is 28.3 Å². The van der Waals surface area contributed by atoms with Gasteiger partial charge >= 0.3 is 0 Å². The zero-order valence-electron chi connectivity index (χ0n) is 20.1. The molecule has 0 aromatic heterocycles. The van der Waals surface area contributed by atoms with Crippen LogP contribution in [0.1, 0.15) is 18.1 Å². The van der Waals surface area contributed by atoms with Crippen LogP contribution < -0.4 is 14.4 Å². The number of aliphatic imine (C=N–C) groups is 1. The lowest BCUT2D eigenvalue weighted by Gasteiger charge is -2.26. The molecule has 5 nitrogen and oxygen atoms in total. The topological polar surface area (TPSA) is 37.3 Å². The summed E-state index contributed by atoms with van der Waals surface area (Å²) in [6, 6.07) is 24.8. The monoisotopic (exact) mass is 463 g/mol. The first-order chi connectivity index (χ1) is 16.0. The van der Waals surface area contributed by atoms with Crippen molar-refractivity contribution in [3.8, 4) is 11.5 Å². The first-order valence-corrected chi connectivity index (χ1v) is 12.0. The van der Waals surface area contributed by atoms with Crippen LogP contribution in [0.15, 0.2) is 77.8 Å². The smallest absolute Gasteiger partial charge is 0.164 e. The Morgan fingerprint density at radius 1 is 0.758 bits per heavy atom. The number of thioether (sulfide) groups is 1. The van der Waals surface area contributed by atoms with Crippen molar-refractivity contribution in [1.29, 1.82) is 0 Å². The molecule has 0 radical (unpaired) electrons. The summed E-state index contributed by atoms with van der Waals surface area (Å²) >= 11 is 1.76. The Morgan fingerprint density at radius 3 is 1.64 bits per heavy atom. The number of nitrogens with zero attached hydrogens (tertiary/aromatic N) is 3. The zero-order valence-corrected chi connectivity index (χ0v) is 20.9. The summed E-state index contributed by atoms with van der Waals surface area (Å²) in [6.45, 7) is 3.66. The fourth-order valence-electron chi connectivity index (χ4n) is 3.35. The second-order valence-electron chi connectivity index (χ2n) is 7.79. The van der Waals surface area contributed by atoms with E-state index in [1.54, 1.807) is 26.0 Å². The minimum Gasteiger partial charge on any atom is -0.497 e. The summed E-state index contributed by atoms with van der Waals surface area (Å²) in [7, 11) is 7.47. The molecule has 0 atom stereocenters. The van der Waals surface area contributed by atoms with Crippen LogP contribution in [-0.2, 0) is 13.1 Å². The first-order valence-electron chi connectivity index (χ1n) is 11.0. The van der Waals surface area contributed by atoms with Crippen LogP contribution in [0, 0.1) is 0 Å². The molecule has 0 saturated carbocycles. The third-order valence-electron chi connectivity index (χ3n) is 5.20. The lowest BCUT2D eigenvalue weighted by molar-refractivity contribution is 0.405. The van der Waals surface area contributed by atoms with Gasteiger partial charge in [-0.3, -0.25) is 0 Å². The average molecular weight is 464 g/mol. The summed E-state index contributed by atoms with van der Waals surface area (Å²) in [5.74, 6) is 2.66. The number of methoxy groups -OCH3 is 2. The van der Waals surface area contributed by atoms with E-state index >= 15 is 0 Å². The SMILES string of the molecule is CCSC(=Nc1ccc(N(C)C)cc1)N(Cc1ccc(OC)cc1)Cc1ccc(OC)cc1. The Kier molecular flexibility index (Phi) is 9.07. The van der Waals surface area contributed by atoms with E-state index in [4.69, 9.17) is 14.5 Å². The molecule has 0 unspecified atom stereocenters. The van der Waals surface area contributed by atoms with Gasteiger partial charge in [-0.25, -0.2) is 4.99 Å². The number of benzene rings is 3. The summed E-state index contributed by atoms with van der Waals surface area (Å²) in [4.78, 5) is 9.47. The van der Waals surface area contributed by atoms with E-state index in [1.165, 1.54) is 11.1 Å². The summed E-state index contributed by atoms with van der Waals surface area (Å²) in [5.41, 5.74) is 4.52. The van der Waals surface area contributed by atoms with Gasteiger partial charge in [0.05, 0.1) is 19.9 Å². The van der Waals surface area contributed by atoms with Crippen LogP contribution in [0.2, 0.25) is 0 Å². The summed E-state index contributed by atoms with van der Waals surface area (Å²) in [5, 5.41) is 1.00. The van der Waals surface area contributed by atoms with E-state index in [-0.39, 0.29) is 0 Å². The van der Waals surface area contributed by atoms with E-state index in [9.17, 15) is 0 Å². The molecule has 0 aliphatic carbocycles. The normalized spacial score (nSPS) is 11.2. The Balaban J connectivity index is 1.92. The minimum atomic E-state index is 0.748. The lowest BCUT2D eigenvalue weighted by Crippen LogP contribution is -2.28. The van der Waals surface area contributed by atoms with Gasteiger partial charge in [0.1, 0.15) is 11.5 Å². The van der Waals surface area contributed by atoms with Crippen LogP contribution >= 0.6 is 11.8 Å². The number of ether oxygens (including phenoxy) is 2. The fraction of sp³-hybridized carbons (Fsp3) is 0.296. The van der Waals surface area contributed by atoms with Crippen molar-refractivity contribution in [3.63, 3.8) is 0 Å². The molecule has 6 heteroatoms. The second-order valence-corrected chi connectivity index (χ2v) is 9.02. The minimum absolute atomic E-state index is 0.748. The van der Waals surface area contributed by atoms with Gasteiger partial charge in [-0.15, -0.1) is 0 Å². The molecule has 0 aliphatic heterocycles. The maximum atomic E-state index is 5.33. The molecule has 0 amide bonds. The highest BCUT2D eigenvalue weighted by molar-refractivity contribution is 8.13. The van der Waals surface area contributed by atoms with Gasteiger partial charge < -0.3 is 19.3 Å². The number of hydrogen-bond acceptors (Lipinski definition) is 5. The second kappa shape index (κ2) is 12.2. The van der Waals surface area contributed by atoms with Gasteiger partial charge in [0.15, 0.2) is 5.17 Å². The molecular formula is C27H33N3O2S. The molecule has 0 N–H and O–H groups in total. The van der Waals surface area contributed by atoms with E-state index in [0.717, 1.165) is 46.9 Å². The predicted octanol–water partition coefficient (Wildman–Crippen LogP) is 6.21. The molecule has 0 bridgehead atoms. The van der Waals surface area contributed by atoms with Crippen molar-refractivity contribution < 1.29 is 9.47 Å². The van der Waals surface area contributed by atoms with E-state index < -0.39 is 0 Å². The third kappa shape index (κ3) is 7.19. The summed E-state index contributed by atoms with van der Waals surface area (Å²) < 4.78 is 10.7. The average Bonchev–Trinajstić information content (AvgIpc) is 2.84. The fourth-order valence-corrected chi connectivity index (χ4v) is 4.09. The van der Waals surface area contributed by atoms with Gasteiger partial charge in [-0.05, 0) is 65.4 Å². The molecule has 3 rings (SSSR count). The molecular weight excluding hydrogens is 430 g/mol. The largest absolute Gasteiger partial charge is 0.497 e. The lowest BCUT2D eigenvalue weighted by atomic mass is 10.1. The molecule has 0 fully saturated rings. The quantitative estimate of drug-likeness (QED) is 0.278. The van der Waals surface area contributed by atoms with Crippen molar-refractivity contribution in [2.75, 3.05) is 39.0 Å².